The number of carbonyl (C=O) groups excluding carboxylic acids is 1. The summed E-state index contributed by atoms with van der Waals surface area (Å²) in [6, 6.07) is 8.70. The van der Waals surface area contributed by atoms with Gasteiger partial charge in [0.05, 0.1) is 15.6 Å². The molecule has 0 saturated heterocycles. The number of halogens is 3. The maximum atomic E-state index is 14.7. The summed E-state index contributed by atoms with van der Waals surface area (Å²) < 4.78 is 14.7. The van der Waals surface area contributed by atoms with Crippen molar-refractivity contribution >= 4 is 34.6 Å². The molecule has 0 aromatic heterocycles. The van der Waals surface area contributed by atoms with Crippen LogP contribution in [0.3, 0.4) is 0 Å². The van der Waals surface area contributed by atoms with Gasteiger partial charge in [0.1, 0.15) is 5.76 Å². The van der Waals surface area contributed by atoms with E-state index in [1.165, 1.54) is 0 Å². The minimum absolute atomic E-state index is 0.0358. The maximum absolute atomic E-state index is 14.7. The van der Waals surface area contributed by atoms with E-state index in [0.29, 0.717) is 40.5 Å². The number of Topliss-reactive ketones (excluding diaryl/α,β-unsaturated/α-hetero) is 1. The third-order valence-electron chi connectivity index (χ3n) is 7.14. The highest BCUT2D eigenvalue weighted by molar-refractivity contribution is 6.42. The highest BCUT2D eigenvalue weighted by Crippen LogP contribution is 2.60. The lowest BCUT2D eigenvalue weighted by molar-refractivity contribution is -0.118. The van der Waals surface area contributed by atoms with Crippen LogP contribution in [0.1, 0.15) is 37.3 Å². The second kappa shape index (κ2) is 6.85. The van der Waals surface area contributed by atoms with Gasteiger partial charge in [0.2, 0.25) is 0 Å². The van der Waals surface area contributed by atoms with E-state index in [-0.39, 0.29) is 33.4 Å². The molecule has 3 aliphatic carbocycles. The number of aryl methyl sites for hydroxylation is 1. The van der Waals surface area contributed by atoms with E-state index in [4.69, 9.17) is 23.2 Å². The molecule has 2 aromatic rings. The second-order valence-corrected chi connectivity index (χ2v) is 9.24. The Labute approximate surface area is 179 Å². The number of allylic oxidation sites excluding steroid dienone is 2. The predicted molar refractivity (Wildman–Crippen MR) is 114 cm³/mol. The number of aliphatic hydroxyl groups is 1. The largest absolute Gasteiger partial charge is 0.511 e. The molecule has 4 unspecified atom stereocenters. The van der Waals surface area contributed by atoms with E-state index in [0.717, 1.165) is 24.8 Å². The summed E-state index contributed by atoms with van der Waals surface area (Å²) >= 11 is 11.9. The summed E-state index contributed by atoms with van der Waals surface area (Å²) in [5.41, 5.74) is 3.06. The van der Waals surface area contributed by atoms with Gasteiger partial charge in [0.15, 0.2) is 11.6 Å². The summed E-state index contributed by atoms with van der Waals surface area (Å²) in [6.45, 7) is 2.01. The van der Waals surface area contributed by atoms with Crippen molar-refractivity contribution in [2.24, 2.45) is 23.7 Å². The second-order valence-electron chi connectivity index (χ2n) is 8.46. The summed E-state index contributed by atoms with van der Waals surface area (Å²) in [5.74, 6) is 0.394. The molecule has 0 radical (unpaired) electrons. The van der Waals surface area contributed by atoms with Crippen molar-refractivity contribution in [1.82, 2.24) is 0 Å². The molecule has 150 valence electrons. The highest BCUT2D eigenvalue weighted by atomic mass is 35.5. The molecule has 5 rings (SSSR count). The normalized spacial score (nSPS) is 27.8. The Kier molecular flexibility index (Phi) is 4.52. The molecule has 2 bridgehead atoms. The molecule has 5 heteroatoms. The first-order valence-corrected chi connectivity index (χ1v) is 10.9. The Morgan fingerprint density at radius 2 is 1.79 bits per heavy atom. The van der Waals surface area contributed by atoms with Crippen LogP contribution in [0.4, 0.5) is 4.39 Å². The number of benzene rings is 2. The van der Waals surface area contributed by atoms with Crippen molar-refractivity contribution in [3.8, 4) is 11.1 Å². The SMILES string of the molecule is CCc1ccc(-c2ccc(Cl)c(Cl)c2F)cc1C1=C(O)C2C3CCC(C3)C2C1=O. The lowest BCUT2D eigenvalue weighted by atomic mass is 9.80. The summed E-state index contributed by atoms with van der Waals surface area (Å²) in [7, 11) is 0. The molecule has 4 atom stereocenters. The van der Waals surface area contributed by atoms with Gasteiger partial charge in [-0.1, -0.05) is 42.3 Å². The highest BCUT2D eigenvalue weighted by Gasteiger charge is 2.57. The Morgan fingerprint density at radius 1 is 1.07 bits per heavy atom. The van der Waals surface area contributed by atoms with Crippen molar-refractivity contribution < 1.29 is 14.3 Å². The third kappa shape index (κ3) is 2.70. The van der Waals surface area contributed by atoms with Crippen LogP contribution in [-0.2, 0) is 11.2 Å². The van der Waals surface area contributed by atoms with Crippen molar-refractivity contribution in [3.63, 3.8) is 0 Å². The number of hydrogen-bond acceptors (Lipinski definition) is 2. The van der Waals surface area contributed by atoms with Crippen LogP contribution in [0.5, 0.6) is 0 Å². The Hall–Kier alpha value is -1.84. The molecule has 2 saturated carbocycles. The Morgan fingerprint density at radius 3 is 2.48 bits per heavy atom. The lowest BCUT2D eigenvalue weighted by Gasteiger charge is -2.23. The van der Waals surface area contributed by atoms with Crippen LogP contribution in [0.15, 0.2) is 36.1 Å². The number of fused-ring (bicyclic) bond motifs is 5. The Balaban J connectivity index is 1.65. The van der Waals surface area contributed by atoms with E-state index in [2.05, 4.69) is 0 Å². The average molecular weight is 431 g/mol. The first kappa shape index (κ1) is 19.1. The van der Waals surface area contributed by atoms with Crippen LogP contribution >= 0.6 is 23.2 Å². The van der Waals surface area contributed by atoms with E-state index in [1.807, 2.05) is 25.1 Å². The molecule has 2 fully saturated rings. The number of aliphatic hydroxyl groups excluding tert-OH is 1. The van der Waals surface area contributed by atoms with Crippen molar-refractivity contribution in [3.05, 3.63) is 63.1 Å². The fraction of sp³-hybridized carbons (Fsp3) is 0.375. The summed E-state index contributed by atoms with van der Waals surface area (Å²) in [5, 5.41) is 11.1. The van der Waals surface area contributed by atoms with Gasteiger partial charge in [0, 0.05) is 17.4 Å². The fourth-order valence-electron chi connectivity index (χ4n) is 5.83. The van der Waals surface area contributed by atoms with Crippen LogP contribution in [0.2, 0.25) is 10.0 Å². The van der Waals surface area contributed by atoms with Gasteiger partial charge in [-0.15, -0.1) is 0 Å². The molecule has 29 heavy (non-hydrogen) atoms. The molecule has 3 aliphatic rings. The Bertz CT molecular complexity index is 1070. The van der Waals surface area contributed by atoms with Crippen molar-refractivity contribution in [1.29, 1.82) is 0 Å². The van der Waals surface area contributed by atoms with E-state index in [1.54, 1.807) is 12.1 Å². The van der Waals surface area contributed by atoms with Gasteiger partial charge in [-0.05, 0) is 72.4 Å². The molecule has 0 aliphatic heterocycles. The van der Waals surface area contributed by atoms with E-state index in [9.17, 15) is 14.3 Å². The van der Waals surface area contributed by atoms with Gasteiger partial charge < -0.3 is 5.11 Å². The van der Waals surface area contributed by atoms with Crippen molar-refractivity contribution in [2.45, 2.75) is 32.6 Å². The zero-order valence-electron chi connectivity index (χ0n) is 16.0. The smallest absolute Gasteiger partial charge is 0.170 e. The van der Waals surface area contributed by atoms with Gasteiger partial charge >= 0.3 is 0 Å². The molecule has 1 N–H and O–H groups in total. The first-order valence-electron chi connectivity index (χ1n) is 10.2. The van der Waals surface area contributed by atoms with Crippen LogP contribution in [0.25, 0.3) is 16.7 Å². The van der Waals surface area contributed by atoms with Crippen LogP contribution in [0, 0.1) is 29.5 Å². The van der Waals surface area contributed by atoms with Gasteiger partial charge in [-0.2, -0.15) is 0 Å². The molecular weight excluding hydrogens is 410 g/mol. The molecular formula is C24H21Cl2FO2. The minimum Gasteiger partial charge on any atom is -0.511 e. The number of carbonyl (C=O) groups is 1. The molecule has 0 amide bonds. The summed E-state index contributed by atoms with van der Waals surface area (Å²) in [4.78, 5) is 13.3. The maximum Gasteiger partial charge on any atom is 0.170 e. The predicted octanol–water partition coefficient (Wildman–Crippen LogP) is 6.88. The lowest BCUT2D eigenvalue weighted by Crippen LogP contribution is -2.24. The van der Waals surface area contributed by atoms with E-state index >= 15 is 0 Å². The number of ketones is 1. The third-order valence-corrected chi connectivity index (χ3v) is 7.92. The molecule has 0 heterocycles. The van der Waals surface area contributed by atoms with Gasteiger partial charge in [-0.25, -0.2) is 4.39 Å². The van der Waals surface area contributed by atoms with Gasteiger partial charge in [-0.3, -0.25) is 4.79 Å². The van der Waals surface area contributed by atoms with Crippen LogP contribution < -0.4 is 0 Å². The number of hydrogen-bond donors (Lipinski definition) is 1. The quantitative estimate of drug-likeness (QED) is 0.538. The van der Waals surface area contributed by atoms with Crippen molar-refractivity contribution in [2.75, 3.05) is 0 Å². The molecule has 2 nitrogen and oxygen atoms in total. The fourth-order valence-corrected chi connectivity index (χ4v) is 6.14. The monoisotopic (exact) mass is 430 g/mol. The van der Waals surface area contributed by atoms with Crippen LogP contribution in [-0.4, -0.2) is 10.9 Å². The topological polar surface area (TPSA) is 37.3 Å². The zero-order chi connectivity index (χ0) is 20.4. The molecule has 0 spiro atoms. The standard InChI is InChI=1S/C24H21Cl2FO2/c1-2-11-3-4-12(15-7-8-17(25)21(26)22(15)27)10-16(11)20-23(28)18-13-5-6-14(9-13)19(18)24(20)29/h3-4,7-8,10,13-14,18-19,28H,2,5-6,9H2,1H3. The van der Waals surface area contributed by atoms with Gasteiger partial charge in [0.25, 0.3) is 0 Å². The zero-order valence-corrected chi connectivity index (χ0v) is 17.5. The first-order chi connectivity index (χ1) is 13.9. The number of rotatable bonds is 3. The molecule has 2 aromatic carbocycles. The minimum atomic E-state index is -0.583. The average Bonchev–Trinajstić information content (AvgIpc) is 3.40. The summed E-state index contributed by atoms with van der Waals surface area (Å²) in [6.07, 6.45) is 3.93. The van der Waals surface area contributed by atoms with E-state index < -0.39 is 5.82 Å².